The van der Waals surface area contributed by atoms with Gasteiger partial charge in [-0.1, -0.05) is 0 Å². The summed E-state index contributed by atoms with van der Waals surface area (Å²) in [5.74, 6) is 1.01. The SMILES string of the molecule is CN(CCC(C)(N)C#N)Cc1nccn1C. The van der Waals surface area contributed by atoms with Gasteiger partial charge < -0.3 is 10.3 Å². The van der Waals surface area contributed by atoms with E-state index < -0.39 is 5.54 Å². The lowest BCUT2D eigenvalue weighted by Gasteiger charge is -2.21. The van der Waals surface area contributed by atoms with Gasteiger partial charge in [0.25, 0.3) is 0 Å². The molecule has 88 valence electrons. The first-order chi connectivity index (χ1) is 7.44. The summed E-state index contributed by atoms with van der Waals surface area (Å²) in [4.78, 5) is 6.36. The van der Waals surface area contributed by atoms with Crippen LogP contribution in [0.4, 0.5) is 0 Å². The maximum absolute atomic E-state index is 8.80. The van der Waals surface area contributed by atoms with Crippen molar-refractivity contribution in [2.24, 2.45) is 12.8 Å². The molecule has 0 amide bonds. The van der Waals surface area contributed by atoms with Crippen LogP contribution in [-0.4, -0.2) is 33.6 Å². The van der Waals surface area contributed by atoms with Gasteiger partial charge in [0.15, 0.2) is 0 Å². The van der Waals surface area contributed by atoms with E-state index in [0.717, 1.165) is 18.9 Å². The van der Waals surface area contributed by atoms with Crippen LogP contribution >= 0.6 is 0 Å². The Labute approximate surface area is 96.5 Å². The number of hydrogen-bond acceptors (Lipinski definition) is 4. The van der Waals surface area contributed by atoms with Crippen LogP contribution in [0.3, 0.4) is 0 Å². The lowest BCUT2D eigenvalue weighted by molar-refractivity contribution is 0.291. The number of rotatable bonds is 5. The Morgan fingerprint density at radius 3 is 2.88 bits per heavy atom. The average Bonchev–Trinajstić information content (AvgIpc) is 2.62. The molecular weight excluding hydrogens is 202 g/mol. The van der Waals surface area contributed by atoms with Crippen LogP contribution in [0.15, 0.2) is 12.4 Å². The highest BCUT2D eigenvalue weighted by Gasteiger charge is 2.17. The van der Waals surface area contributed by atoms with Gasteiger partial charge in [0.1, 0.15) is 11.4 Å². The van der Waals surface area contributed by atoms with Crippen LogP contribution in [0.2, 0.25) is 0 Å². The van der Waals surface area contributed by atoms with Crippen molar-refractivity contribution in [3.8, 4) is 6.07 Å². The number of imidazole rings is 1. The fourth-order valence-electron chi connectivity index (χ4n) is 1.35. The smallest absolute Gasteiger partial charge is 0.122 e. The maximum atomic E-state index is 8.80. The predicted octanol–water partition coefficient (Wildman–Crippen LogP) is 0.483. The van der Waals surface area contributed by atoms with E-state index in [1.54, 1.807) is 13.1 Å². The predicted molar refractivity (Wildman–Crippen MR) is 62.4 cm³/mol. The fraction of sp³-hybridized carbons (Fsp3) is 0.636. The third-order valence-electron chi connectivity index (χ3n) is 2.60. The minimum Gasteiger partial charge on any atom is -0.337 e. The normalized spacial score (nSPS) is 14.8. The monoisotopic (exact) mass is 221 g/mol. The van der Waals surface area contributed by atoms with Crippen molar-refractivity contribution in [1.29, 1.82) is 5.26 Å². The highest BCUT2D eigenvalue weighted by Crippen LogP contribution is 2.06. The quantitative estimate of drug-likeness (QED) is 0.785. The summed E-state index contributed by atoms with van der Waals surface area (Å²) in [6.07, 6.45) is 4.36. The van der Waals surface area contributed by atoms with E-state index in [2.05, 4.69) is 16.0 Å². The molecule has 0 bridgehead atoms. The van der Waals surface area contributed by atoms with E-state index in [1.165, 1.54) is 0 Å². The van der Waals surface area contributed by atoms with Gasteiger partial charge in [-0.2, -0.15) is 5.26 Å². The van der Waals surface area contributed by atoms with Crippen molar-refractivity contribution in [3.05, 3.63) is 18.2 Å². The van der Waals surface area contributed by atoms with E-state index in [4.69, 9.17) is 11.0 Å². The van der Waals surface area contributed by atoms with Crippen LogP contribution in [0.5, 0.6) is 0 Å². The van der Waals surface area contributed by atoms with Gasteiger partial charge in [-0.05, 0) is 20.4 Å². The Morgan fingerprint density at radius 2 is 2.38 bits per heavy atom. The molecule has 5 nitrogen and oxygen atoms in total. The van der Waals surface area contributed by atoms with Crippen LogP contribution in [0.25, 0.3) is 0 Å². The summed E-state index contributed by atoms with van der Waals surface area (Å²) < 4.78 is 1.99. The van der Waals surface area contributed by atoms with E-state index in [1.807, 2.05) is 24.9 Å². The molecule has 1 unspecified atom stereocenters. The highest BCUT2D eigenvalue weighted by molar-refractivity contribution is 5.01. The standard InChI is InChI=1S/C11H19N5/c1-11(13,9-12)4-6-15(2)8-10-14-5-7-16(10)3/h5,7H,4,6,8,13H2,1-3H3. The van der Waals surface area contributed by atoms with Gasteiger partial charge in [-0.15, -0.1) is 0 Å². The molecule has 0 aliphatic carbocycles. The van der Waals surface area contributed by atoms with E-state index in [9.17, 15) is 0 Å². The fourth-order valence-corrected chi connectivity index (χ4v) is 1.35. The minimum atomic E-state index is -0.740. The molecular formula is C11H19N5. The van der Waals surface area contributed by atoms with Gasteiger partial charge in [0, 0.05) is 26.0 Å². The second-order valence-corrected chi connectivity index (χ2v) is 4.47. The molecule has 0 saturated heterocycles. The first-order valence-corrected chi connectivity index (χ1v) is 5.29. The molecule has 16 heavy (non-hydrogen) atoms. The molecule has 1 rings (SSSR count). The van der Waals surface area contributed by atoms with Crippen LogP contribution in [0, 0.1) is 11.3 Å². The molecule has 0 fully saturated rings. The zero-order chi connectivity index (χ0) is 12.2. The van der Waals surface area contributed by atoms with Crippen molar-refractivity contribution in [2.45, 2.75) is 25.4 Å². The number of nitrogens with zero attached hydrogens (tertiary/aromatic N) is 4. The Kier molecular flexibility index (Phi) is 4.05. The molecule has 1 atom stereocenters. The number of aryl methyl sites for hydroxylation is 1. The summed E-state index contributed by atoms with van der Waals surface area (Å²) in [5, 5.41) is 8.80. The van der Waals surface area contributed by atoms with Gasteiger partial charge in [0.2, 0.25) is 0 Å². The van der Waals surface area contributed by atoms with Crippen molar-refractivity contribution in [1.82, 2.24) is 14.5 Å². The molecule has 0 radical (unpaired) electrons. The third-order valence-corrected chi connectivity index (χ3v) is 2.60. The lowest BCUT2D eigenvalue weighted by Crippen LogP contribution is -2.38. The Bertz CT molecular complexity index is 374. The minimum absolute atomic E-state index is 0.657. The average molecular weight is 221 g/mol. The molecule has 5 heteroatoms. The van der Waals surface area contributed by atoms with Crippen LogP contribution in [0.1, 0.15) is 19.2 Å². The van der Waals surface area contributed by atoms with Crippen molar-refractivity contribution in [2.75, 3.05) is 13.6 Å². The highest BCUT2D eigenvalue weighted by atomic mass is 15.1. The van der Waals surface area contributed by atoms with Gasteiger partial charge in [0.05, 0.1) is 12.6 Å². The van der Waals surface area contributed by atoms with Crippen molar-refractivity contribution < 1.29 is 0 Å². The molecule has 0 saturated carbocycles. The summed E-state index contributed by atoms with van der Waals surface area (Å²) in [7, 11) is 3.97. The van der Waals surface area contributed by atoms with Crippen molar-refractivity contribution in [3.63, 3.8) is 0 Å². The number of hydrogen-bond donors (Lipinski definition) is 1. The second kappa shape index (κ2) is 5.10. The molecule has 2 N–H and O–H groups in total. The topological polar surface area (TPSA) is 70.9 Å². The summed E-state index contributed by atoms with van der Waals surface area (Å²) in [6, 6.07) is 2.10. The Balaban J connectivity index is 2.41. The first kappa shape index (κ1) is 12.7. The zero-order valence-corrected chi connectivity index (χ0v) is 10.1. The Morgan fingerprint density at radius 1 is 1.69 bits per heavy atom. The van der Waals surface area contributed by atoms with Gasteiger partial charge in [-0.25, -0.2) is 4.98 Å². The molecule has 1 heterocycles. The van der Waals surface area contributed by atoms with E-state index in [0.29, 0.717) is 6.42 Å². The van der Waals surface area contributed by atoms with Gasteiger partial charge >= 0.3 is 0 Å². The van der Waals surface area contributed by atoms with E-state index >= 15 is 0 Å². The van der Waals surface area contributed by atoms with Gasteiger partial charge in [-0.3, -0.25) is 4.90 Å². The number of nitriles is 1. The molecule has 0 aliphatic heterocycles. The van der Waals surface area contributed by atoms with Crippen molar-refractivity contribution >= 4 is 0 Å². The molecule has 0 aromatic carbocycles. The second-order valence-electron chi connectivity index (χ2n) is 4.47. The number of aromatic nitrogens is 2. The third kappa shape index (κ3) is 3.65. The Hall–Kier alpha value is -1.38. The van der Waals surface area contributed by atoms with Crippen LogP contribution < -0.4 is 5.73 Å². The first-order valence-electron chi connectivity index (χ1n) is 5.29. The molecule has 0 aliphatic rings. The summed E-state index contributed by atoms with van der Waals surface area (Å²) in [6.45, 7) is 3.31. The maximum Gasteiger partial charge on any atom is 0.122 e. The molecule has 0 spiro atoms. The van der Waals surface area contributed by atoms with Crippen LogP contribution in [-0.2, 0) is 13.6 Å². The largest absolute Gasteiger partial charge is 0.337 e. The summed E-state index contributed by atoms with van der Waals surface area (Å²) >= 11 is 0. The molecule has 1 aromatic heterocycles. The molecule has 1 aromatic rings. The number of nitrogens with two attached hydrogens (primary N) is 1. The zero-order valence-electron chi connectivity index (χ0n) is 10.1. The lowest BCUT2D eigenvalue weighted by atomic mass is 10.0. The summed E-state index contributed by atoms with van der Waals surface area (Å²) in [5.41, 5.74) is 5.02. The van der Waals surface area contributed by atoms with E-state index in [-0.39, 0.29) is 0 Å².